The van der Waals surface area contributed by atoms with Gasteiger partial charge >= 0.3 is 23.9 Å². The molecule has 30 heavy (non-hydrogen) atoms. The summed E-state index contributed by atoms with van der Waals surface area (Å²) in [5.74, 6) is -4.22. The van der Waals surface area contributed by atoms with Gasteiger partial charge in [-0.05, 0) is 25.7 Å². The van der Waals surface area contributed by atoms with E-state index in [1.54, 1.807) is 0 Å². The fourth-order valence-corrected chi connectivity index (χ4v) is 1.51. The maximum absolute atomic E-state index is 10.2. The highest BCUT2D eigenvalue weighted by molar-refractivity contribution is 5.75. The molecule has 0 spiro atoms. The van der Waals surface area contributed by atoms with Crippen LogP contribution in [0.25, 0.3) is 0 Å². The Morgan fingerprint density at radius 3 is 1.53 bits per heavy atom. The van der Waals surface area contributed by atoms with Crippen molar-refractivity contribution in [3.8, 4) is 0 Å². The highest BCUT2D eigenvalue weighted by Crippen LogP contribution is 1.94. The van der Waals surface area contributed by atoms with E-state index in [1.165, 1.54) is 0 Å². The second-order valence-electron chi connectivity index (χ2n) is 6.04. The van der Waals surface area contributed by atoms with Crippen LogP contribution in [0.4, 0.5) is 0 Å². The van der Waals surface area contributed by atoms with Crippen molar-refractivity contribution < 1.29 is 39.6 Å². The minimum absolute atomic E-state index is 0.0231. The summed E-state index contributed by atoms with van der Waals surface area (Å²) in [7, 11) is 0. The van der Waals surface area contributed by atoms with Gasteiger partial charge in [-0.15, -0.1) is 0 Å². The van der Waals surface area contributed by atoms with Crippen molar-refractivity contribution in [2.75, 3.05) is 6.54 Å². The van der Waals surface area contributed by atoms with Crippen LogP contribution in [0.3, 0.4) is 0 Å². The number of hydrogen-bond acceptors (Lipinski definition) is 8. The normalized spacial score (nSPS) is 12.5. The van der Waals surface area contributed by atoms with Gasteiger partial charge in [-0.1, -0.05) is 13.3 Å². The topological polar surface area (TPSA) is 289 Å². The Morgan fingerprint density at radius 1 is 0.833 bits per heavy atom. The third kappa shape index (κ3) is 25.0. The third-order valence-corrected chi connectivity index (χ3v) is 3.23. The molecule has 0 aliphatic heterocycles. The average Bonchev–Trinajstić information content (AvgIpc) is 2.63. The van der Waals surface area contributed by atoms with Gasteiger partial charge in [-0.3, -0.25) is 24.6 Å². The van der Waals surface area contributed by atoms with Gasteiger partial charge in [0.1, 0.15) is 18.1 Å². The van der Waals surface area contributed by atoms with Gasteiger partial charge < -0.3 is 48.7 Å². The Bertz CT molecular complexity index is 546. The van der Waals surface area contributed by atoms with Crippen LogP contribution in [0.5, 0.6) is 0 Å². The fraction of sp³-hybridized carbons (Fsp3) is 0.688. The Balaban J connectivity index is -0.000000372. The molecule has 0 fully saturated rings. The maximum atomic E-state index is 10.2. The van der Waals surface area contributed by atoms with Crippen LogP contribution in [0.2, 0.25) is 0 Å². The molecular weight excluding hydrogens is 404 g/mol. The highest BCUT2D eigenvalue weighted by Gasteiger charge is 2.12. The van der Waals surface area contributed by atoms with Gasteiger partial charge in [-0.2, -0.15) is 0 Å². The first-order valence-corrected chi connectivity index (χ1v) is 9.00. The van der Waals surface area contributed by atoms with Crippen molar-refractivity contribution in [2.24, 2.45) is 22.9 Å². The van der Waals surface area contributed by atoms with E-state index in [1.807, 2.05) is 6.92 Å². The number of nitrogens with two attached hydrogens (primary N) is 4. The number of nitrogens with one attached hydrogen (secondary N) is 2. The first-order chi connectivity index (χ1) is 13.8. The van der Waals surface area contributed by atoms with Crippen LogP contribution >= 0.6 is 0 Å². The average molecular weight is 438 g/mol. The smallest absolute Gasteiger partial charge is 0.320 e. The molecule has 0 radical (unpaired) electrons. The highest BCUT2D eigenvalue weighted by atomic mass is 16.4. The number of carboxylic acid groups (broad SMARTS) is 4. The lowest BCUT2D eigenvalue weighted by Gasteiger charge is -2.06. The fourth-order valence-electron chi connectivity index (χ4n) is 1.51. The summed E-state index contributed by atoms with van der Waals surface area (Å²) < 4.78 is 0. The molecule has 0 bridgehead atoms. The first kappa shape index (κ1) is 31.7. The molecule has 0 saturated heterocycles. The van der Waals surface area contributed by atoms with E-state index >= 15 is 0 Å². The standard InChI is InChI=1S/C6H14N4O2.C5H9NO4.C5H11NO2/c7-4(5(11)12)2-1-3-10-6(8)9;6-3(5(9)10)1-2-4(7)8;1-2-3-4(6)5(7)8/h4H,1-3,7H2,(H,11,12)(H4,8,9,10);3H,1-2,6H2,(H,7,8)(H,9,10);4H,2-3,6H2,1H3,(H,7,8)/t4-;3-;/m00./s1. The number of aliphatic carboxylic acids is 4. The van der Waals surface area contributed by atoms with Gasteiger partial charge in [0.25, 0.3) is 0 Å². The van der Waals surface area contributed by atoms with Crippen LogP contribution in [0.1, 0.15) is 45.4 Å². The lowest BCUT2D eigenvalue weighted by Crippen LogP contribution is -2.34. The molecule has 14 heteroatoms. The molecule has 0 rings (SSSR count). The van der Waals surface area contributed by atoms with E-state index in [0.717, 1.165) is 6.42 Å². The molecule has 1 unspecified atom stereocenters. The Labute approximate surface area is 174 Å². The van der Waals surface area contributed by atoms with Crippen LogP contribution in [-0.4, -0.2) is 74.9 Å². The molecule has 0 saturated carbocycles. The third-order valence-electron chi connectivity index (χ3n) is 3.23. The van der Waals surface area contributed by atoms with E-state index in [0.29, 0.717) is 25.8 Å². The SMILES string of the molecule is CCCC(N)C(=O)O.N=C(N)NCCC[C@H](N)C(=O)O.N[C@@H](CCC(=O)O)C(=O)O. The molecule has 176 valence electrons. The summed E-state index contributed by atoms with van der Waals surface area (Å²) in [6.07, 6.45) is 2.14. The molecule has 14 nitrogen and oxygen atoms in total. The van der Waals surface area contributed by atoms with E-state index < -0.39 is 42.0 Å². The summed E-state index contributed by atoms with van der Waals surface area (Å²) in [6, 6.07) is -2.55. The number of rotatable bonds is 12. The van der Waals surface area contributed by atoms with Gasteiger partial charge in [0.05, 0.1) is 0 Å². The number of guanidine groups is 1. The monoisotopic (exact) mass is 438 g/mol. The molecule has 3 atom stereocenters. The van der Waals surface area contributed by atoms with Crippen LogP contribution in [-0.2, 0) is 19.2 Å². The van der Waals surface area contributed by atoms with Gasteiger partial charge in [0.2, 0.25) is 0 Å². The second kappa shape index (κ2) is 19.4. The van der Waals surface area contributed by atoms with E-state index in [9.17, 15) is 19.2 Å². The zero-order valence-corrected chi connectivity index (χ0v) is 16.9. The molecular formula is C16H34N6O8. The number of hydrogen-bond donors (Lipinski definition) is 10. The predicted molar refractivity (Wildman–Crippen MR) is 108 cm³/mol. The minimum Gasteiger partial charge on any atom is -0.481 e. The van der Waals surface area contributed by atoms with Crippen LogP contribution in [0.15, 0.2) is 0 Å². The molecule has 0 aliphatic carbocycles. The zero-order chi connectivity index (χ0) is 24.3. The van der Waals surface area contributed by atoms with Gasteiger partial charge in [-0.25, -0.2) is 0 Å². The molecule has 0 heterocycles. The summed E-state index contributed by atoms with van der Waals surface area (Å²) >= 11 is 0. The van der Waals surface area contributed by atoms with Crippen LogP contribution < -0.4 is 28.3 Å². The molecule has 0 aromatic rings. The van der Waals surface area contributed by atoms with Crippen molar-refractivity contribution >= 4 is 29.8 Å². The number of carboxylic acids is 4. The predicted octanol–water partition coefficient (Wildman–Crippen LogP) is -1.88. The summed E-state index contributed by atoms with van der Waals surface area (Å²) in [5.41, 5.74) is 20.3. The van der Waals surface area contributed by atoms with Crippen molar-refractivity contribution in [2.45, 2.75) is 63.6 Å². The quantitative estimate of drug-likeness (QED) is 0.0907. The second-order valence-corrected chi connectivity index (χ2v) is 6.04. The summed E-state index contributed by atoms with van der Waals surface area (Å²) in [4.78, 5) is 40.1. The van der Waals surface area contributed by atoms with Gasteiger partial charge in [0.15, 0.2) is 5.96 Å². The molecule has 14 N–H and O–H groups in total. The summed E-state index contributed by atoms with van der Waals surface area (Å²) in [5, 5.41) is 42.2. The Hall–Kier alpha value is -2.97. The molecule has 0 aliphatic rings. The number of carbonyl (C=O) groups is 4. The van der Waals surface area contributed by atoms with Crippen LogP contribution in [0, 0.1) is 5.41 Å². The van der Waals surface area contributed by atoms with E-state index in [4.69, 9.17) is 48.8 Å². The molecule has 0 aromatic carbocycles. The Morgan fingerprint density at radius 2 is 1.23 bits per heavy atom. The molecule has 0 amide bonds. The lowest BCUT2D eigenvalue weighted by molar-refractivity contribution is -0.141. The first-order valence-electron chi connectivity index (χ1n) is 9.00. The zero-order valence-electron chi connectivity index (χ0n) is 16.9. The van der Waals surface area contributed by atoms with Gasteiger partial charge in [0, 0.05) is 13.0 Å². The molecule has 0 aromatic heterocycles. The van der Waals surface area contributed by atoms with Crippen molar-refractivity contribution in [1.82, 2.24) is 5.32 Å². The van der Waals surface area contributed by atoms with E-state index in [2.05, 4.69) is 5.32 Å². The Kier molecular flexibility index (Phi) is 20.5. The maximum Gasteiger partial charge on any atom is 0.320 e. The lowest BCUT2D eigenvalue weighted by atomic mass is 10.2. The van der Waals surface area contributed by atoms with Crippen molar-refractivity contribution in [1.29, 1.82) is 5.41 Å². The largest absolute Gasteiger partial charge is 0.481 e. The van der Waals surface area contributed by atoms with Crippen molar-refractivity contribution in [3.63, 3.8) is 0 Å². The minimum atomic E-state index is -1.17. The summed E-state index contributed by atoms with van der Waals surface area (Å²) in [6.45, 7) is 2.39. The van der Waals surface area contributed by atoms with E-state index in [-0.39, 0.29) is 18.8 Å². The van der Waals surface area contributed by atoms with Crippen molar-refractivity contribution in [3.05, 3.63) is 0 Å².